The van der Waals surface area contributed by atoms with Gasteiger partial charge in [-0.25, -0.2) is 9.78 Å². The van der Waals surface area contributed by atoms with Crippen LogP contribution < -0.4 is 5.32 Å². The summed E-state index contributed by atoms with van der Waals surface area (Å²) in [6, 6.07) is 2.84. The number of pyridine rings is 1. The predicted octanol–water partition coefficient (Wildman–Crippen LogP) is 1.96. The number of aromatic nitrogens is 2. The monoisotopic (exact) mass is 289 g/mol. The lowest BCUT2D eigenvalue weighted by atomic mass is 10.1. The van der Waals surface area contributed by atoms with Crippen molar-refractivity contribution in [3.8, 4) is 0 Å². The van der Waals surface area contributed by atoms with Crippen LogP contribution in [0.5, 0.6) is 0 Å². The van der Waals surface area contributed by atoms with Crippen LogP contribution in [0.15, 0.2) is 22.9 Å². The molecule has 7 nitrogen and oxygen atoms in total. The Balaban J connectivity index is 1.91. The van der Waals surface area contributed by atoms with Crippen molar-refractivity contribution in [3.05, 3.63) is 41.0 Å². The number of aryl methyl sites for hydroxylation is 2. The minimum Gasteiger partial charge on any atom is -0.477 e. The summed E-state index contributed by atoms with van der Waals surface area (Å²) in [7, 11) is 0. The van der Waals surface area contributed by atoms with Crippen LogP contribution >= 0.6 is 0 Å². The zero-order valence-corrected chi connectivity index (χ0v) is 11.7. The summed E-state index contributed by atoms with van der Waals surface area (Å²) in [5, 5.41) is 15.2. The first kappa shape index (κ1) is 14.7. The van der Waals surface area contributed by atoms with Crippen LogP contribution in [0.4, 0.5) is 5.69 Å². The molecule has 0 bridgehead atoms. The fourth-order valence-electron chi connectivity index (χ4n) is 1.92. The number of nitrogens with one attached hydrogen (secondary N) is 1. The molecule has 21 heavy (non-hydrogen) atoms. The first-order chi connectivity index (χ1) is 9.97. The highest BCUT2D eigenvalue weighted by Gasteiger charge is 2.11. The summed E-state index contributed by atoms with van der Waals surface area (Å²) in [6.07, 6.45) is 2.13. The topological polar surface area (TPSA) is 105 Å². The standard InChI is InChI=1S/C14H15N3O4/c1-8-11(9(2)21-17-8)4-6-13(18)16-10-3-5-12(14(19)20)15-7-10/h3,5,7H,4,6H2,1-2H3,(H,16,18)(H,19,20). The molecule has 0 aliphatic carbocycles. The van der Waals surface area contributed by atoms with Gasteiger partial charge in [0.1, 0.15) is 11.5 Å². The number of carbonyl (C=O) groups is 2. The maximum Gasteiger partial charge on any atom is 0.354 e. The molecule has 2 rings (SSSR count). The average Bonchev–Trinajstić information content (AvgIpc) is 2.76. The van der Waals surface area contributed by atoms with E-state index in [2.05, 4.69) is 15.5 Å². The molecule has 0 fully saturated rings. The quantitative estimate of drug-likeness (QED) is 0.871. The lowest BCUT2D eigenvalue weighted by molar-refractivity contribution is -0.116. The molecule has 1 amide bonds. The Labute approximate surface area is 121 Å². The second-order valence-electron chi connectivity index (χ2n) is 4.59. The van der Waals surface area contributed by atoms with E-state index in [0.717, 1.165) is 11.3 Å². The van der Waals surface area contributed by atoms with E-state index >= 15 is 0 Å². The van der Waals surface area contributed by atoms with Crippen molar-refractivity contribution in [1.82, 2.24) is 10.1 Å². The van der Waals surface area contributed by atoms with Crippen molar-refractivity contribution >= 4 is 17.6 Å². The van der Waals surface area contributed by atoms with Crippen molar-refractivity contribution in [2.24, 2.45) is 0 Å². The van der Waals surface area contributed by atoms with Gasteiger partial charge in [0.05, 0.1) is 17.6 Å². The smallest absolute Gasteiger partial charge is 0.354 e. The van der Waals surface area contributed by atoms with Crippen LogP contribution in [0, 0.1) is 13.8 Å². The molecule has 0 saturated carbocycles. The fourth-order valence-corrected chi connectivity index (χ4v) is 1.92. The summed E-state index contributed by atoms with van der Waals surface area (Å²) in [5.74, 6) is -0.570. The molecule has 2 heterocycles. The Morgan fingerprint density at radius 1 is 1.33 bits per heavy atom. The summed E-state index contributed by atoms with van der Waals surface area (Å²) in [5.41, 5.74) is 2.12. The number of nitrogens with zero attached hydrogens (tertiary/aromatic N) is 2. The Bertz CT molecular complexity index is 642. The van der Waals surface area contributed by atoms with Gasteiger partial charge in [-0.05, 0) is 32.4 Å². The van der Waals surface area contributed by atoms with E-state index in [0.29, 0.717) is 17.9 Å². The number of rotatable bonds is 5. The minimum atomic E-state index is -1.11. The molecule has 0 aliphatic heterocycles. The summed E-state index contributed by atoms with van der Waals surface area (Å²) < 4.78 is 5.03. The van der Waals surface area contributed by atoms with E-state index in [4.69, 9.17) is 9.63 Å². The molecular weight excluding hydrogens is 274 g/mol. The van der Waals surface area contributed by atoms with Crippen molar-refractivity contribution in [2.45, 2.75) is 26.7 Å². The lowest BCUT2D eigenvalue weighted by Gasteiger charge is -2.05. The molecule has 0 unspecified atom stereocenters. The number of carboxylic acid groups (broad SMARTS) is 1. The fraction of sp³-hybridized carbons (Fsp3) is 0.286. The molecule has 0 aromatic carbocycles. The largest absolute Gasteiger partial charge is 0.477 e. The highest BCUT2D eigenvalue weighted by atomic mass is 16.5. The van der Waals surface area contributed by atoms with Crippen molar-refractivity contribution in [3.63, 3.8) is 0 Å². The minimum absolute atomic E-state index is 0.0660. The molecule has 2 aromatic heterocycles. The zero-order chi connectivity index (χ0) is 15.4. The number of amides is 1. The van der Waals surface area contributed by atoms with E-state index in [1.807, 2.05) is 13.8 Å². The maximum atomic E-state index is 11.8. The maximum absolute atomic E-state index is 11.8. The highest BCUT2D eigenvalue weighted by Crippen LogP contribution is 2.15. The highest BCUT2D eigenvalue weighted by molar-refractivity contribution is 5.91. The first-order valence-electron chi connectivity index (χ1n) is 6.38. The SMILES string of the molecule is Cc1noc(C)c1CCC(=O)Nc1ccc(C(=O)O)nc1. The number of carbonyl (C=O) groups excluding carboxylic acids is 1. The van der Waals surface area contributed by atoms with Crippen molar-refractivity contribution < 1.29 is 19.2 Å². The van der Waals surface area contributed by atoms with Gasteiger partial charge in [-0.15, -0.1) is 0 Å². The summed E-state index contributed by atoms with van der Waals surface area (Å²) in [6.45, 7) is 3.64. The second-order valence-corrected chi connectivity index (χ2v) is 4.59. The molecule has 7 heteroatoms. The molecule has 110 valence electrons. The lowest BCUT2D eigenvalue weighted by Crippen LogP contribution is -2.13. The van der Waals surface area contributed by atoms with E-state index < -0.39 is 5.97 Å². The molecule has 0 saturated heterocycles. The van der Waals surface area contributed by atoms with Gasteiger partial charge in [0.25, 0.3) is 0 Å². The van der Waals surface area contributed by atoms with Crippen LogP contribution in [0.2, 0.25) is 0 Å². The van der Waals surface area contributed by atoms with Gasteiger partial charge in [0.15, 0.2) is 0 Å². The van der Waals surface area contributed by atoms with Gasteiger partial charge >= 0.3 is 5.97 Å². The Morgan fingerprint density at radius 3 is 2.62 bits per heavy atom. The van der Waals surface area contributed by atoms with Crippen molar-refractivity contribution in [1.29, 1.82) is 0 Å². The number of carboxylic acids is 1. The third-order valence-electron chi connectivity index (χ3n) is 3.05. The average molecular weight is 289 g/mol. The molecule has 0 spiro atoms. The van der Waals surface area contributed by atoms with E-state index in [1.54, 1.807) is 0 Å². The van der Waals surface area contributed by atoms with E-state index in [9.17, 15) is 9.59 Å². The van der Waals surface area contributed by atoms with Gasteiger partial charge in [0.2, 0.25) is 5.91 Å². The van der Waals surface area contributed by atoms with Gasteiger partial charge in [-0.3, -0.25) is 4.79 Å². The predicted molar refractivity (Wildman–Crippen MR) is 74.1 cm³/mol. The van der Waals surface area contributed by atoms with Gasteiger partial charge in [0, 0.05) is 12.0 Å². The molecular formula is C14H15N3O4. The zero-order valence-electron chi connectivity index (χ0n) is 11.7. The molecule has 0 aliphatic rings. The van der Waals surface area contributed by atoms with Gasteiger partial charge in [-0.1, -0.05) is 5.16 Å². The Morgan fingerprint density at radius 2 is 2.10 bits per heavy atom. The molecule has 0 atom stereocenters. The number of aromatic carboxylic acids is 1. The van der Waals surface area contributed by atoms with Gasteiger partial charge in [-0.2, -0.15) is 0 Å². The van der Waals surface area contributed by atoms with Gasteiger partial charge < -0.3 is 14.9 Å². The number of hydrogen-bond donors (Lipinski definition) is 2. The summed E-state index contributed by atoms with van der Waals surface area (Å²) in [4.78, 5) is 26.2. The molecule has 2 aromatic rings. The van der Waals surface area contributed by atoms with E-state index in [1.165, 1.54) is 18.3 Å². The molecule has 0 radical (unpaired) electrons. The third kappa shape index (κ3) is 3.65. The number of anilines is 1. The van der Waals surface area contributed by atoms with Crippen LogP contribution in [-0.4, -0.2) is 27.1 Å². The first-order valence-corrected chi connectivity index (χ1v) is 6.38. The second kappa shape index (κ2) is 6.17. The molecule has 2 N–H and O–H groups in total. The van der Waals surface area contributed by atoms with Crippen LogP contribution in [0.25, 0.3) is 0 Å². The van der Waals surface area contributed by atoms with Crippen LogP contribution in [-0.2, 0) is 11.2 Å². The normalized spacial score (nSPS) is 10.4. The summed E-state index contributed by atoms with van der Waals surface area (Å²) >= 11 is 0. The van der Waals surface area contributed by atoms with Crippen LogP contribution in [0.1, 0.15) is 33.9 Å². The van der Waals surface area contributed by atoms with E-state index in [-0.39, 0.29) is 18.0 Å². The Hall–Kier alpha value is -2.70. The van der Waals surface area contributed by atoms with Crippen molar-refractivity contribution in [2.75, 3.05) is 5.32 Å². The van der Waals surface area contributed by atoms with Crippen LogP contribution in [0.3, 0.4) is 0 Å². The number of hydrogen-bond acceptors (Lipinski definition) is 5. The Kier molecular flexibility index (Phi) is 4.32. The third-order valence-corrected chi connectivity index (χ3v) is 3.05.